The van der Waals surface area contributed by atoms with Crippen LogP contribution in [0.3, 0.4) is 0 Å². The standard InChI is InChI=1S/C19H19N5OS/c1-13-4-6-14(7-5-13)15(8-11-25)17-21-18(22-19-20-9-12-26-19)16-3-2-10-24(16)23-17/h2-7,9-10,12,15,25H,8,11H2,1H3,(H,20,21,22,23). The molecule has 0 saturated heterocycles. The van der Waals surface area contributed by atoms with Crippen molar-refractivity contribution in [2.24, 2.45) is 0 Å². The zero-order valence-corrected chi connectivity index (χ0v) is 15.1. The molecule has 0 aliphatic heterocycles. The highest BCUT2D eigenvalue weighted by Gasteiger charge is 2.20. The molecule has 1 aromatic carbocycles. The van der Waals surface area contributed by atoms with Crippen LogP contribution in [-0.4, -0.2) is 31.3 Å². The summed E-state index contributed by atoms with van der Waals surface area (Å²) in [6.07, 6.45) is 4.22. The first-order valence-electron chi connectivity index (χ1n) is 8.44. The minimum Gasteiger partial charge on any atom is -0.396 e. The van der Waals surface area contributed by atoms with Crippen LogP contribution in [0.15, 0.2) is 54.2 Å². The minimum atomic E-state index is -0.0794. The molecule has 3 aromatic heterocycles. The molecule has 0 radical (unpaired) electrons. The van der Waals surface area contributed by atoms with E-state index in [4.69, 9.17) is 4.98 Å². The van der Waals surface area contributed by atoms with E-state index in [9.17, 15) is 5.11 Å². The van der Waals surface area contributed by atoms with Gasteiger partial charge in [-0.15, -0.1) is 11.3 Å². The maximum Gasteiger partial charge on any atom is 0.188 e. The summed E-state index contributed by atoms with van der Waals surface area (Å²) in [5.74, 6) is 1.31. The summed E-state index contributed by atoms with van der Waals surface area (Å²) in [5, 5.41) is 20.2. The Bertz CT molecular complexity index is 995. The van der Waals surface area contributed by atoms with Gasteiger partial charge in [0.05, 0.1) is 0 Å². The molecule has 0 aliphatic rings. The molecule has 0 bridgehead atoms. The Morgan fingerprint density at radius 1 is 1.23 bits per heavy atom. The van der Waals surface area contributed by atoms with Gasteiger partial charge in [0, 0.05) is 30.3 Å². The van der Waals surface area contributed by atoms with Crippen molar-refractivity contribution < 1.29 is 5.11 Å². The van der Waals surface area contributed by atoms with E-state index in [0.29, 0.717) is 18.1 Å². The fourth-order valence-corrected chi connectivity index (χ4v) is 3.48. The summed E-state index contributed by atoms with van der Waals surface area (Å²) < 4.78 is 1.82. The number of hydrogen-bond donors (Lipinski definition) is 2. The Hall–Kier alpha value is -2.77. The van der Waals surface area contributed by atoms with Gasteiger partial charge in [-0.05, 0) is 31.0 Å². The molecule has 4 rings (SSSR count). The lowest BCUT2D eigenvalue weighted by Crippen LogP contribution is -2.12. The first-order chi connectivity index (χ1) is 12.7. The second-order valence-corrected chi connectivity index (χ2v) is 6.99. The molecule has 1 unspecified atom stereocenters. The number of fused-ring (bicyclic) bond motifs is 1. The third-order valence-corrected chi connectivity index (χ3v) is 4.96. The van der Waals surface area contributed by atoms with Gasteiger partial charge in [-0.25, -0.2) is 14.5 Å². The zero-order chi connectivity index (χ0) is 17.9. The topological polar surface area (TPSA) is 75.3 Å². The van der Waals surface area contributed by atoms with Crippen molar-refractivity contribution in [2.45, 2.75) is 19.3 Å². The van der Waals surface area contributed by atoms with Crippen molar-refractivity contribution >= 4 is 27.8 Å². The Morgan fingerprint density at radius 3 is 2.81 bits per heavy atom. The number of nitrogens with zero attached hydrogens (tertiary/aromatic N) is 4. The number of benzene rings is 1. The van der Waals surface area contributed by atoms with Crippen molar-refractivity contribution in [2.75, 3.05) is 11.9 Å². The first-order valence-corrected chi connectivity index (χ1v) is 9.32. The SMILES string of the molecule is Cc1ccc(C(CCO)c2nc(Nc3nccs3)c3cccn3n2)cc1. The van der Waals surface area contributed by atoms with Gasteiger partial charge in [0.2, 0.25) is 0 Å². The normalized spacial score (nSPS) is 12.4. The monoisotopic (exact) mass is 365 g/mol. The van der Waals surface area contributed by atoms with E-state index in [-0.39, 0.29) is 12.5 Å². The highest BCUT2D eigenvalue weighted by Crippen LogP contribution is 2.29. The Morgan fingerprint density at radius 2 is 2.08 bits per heavy atom. The molecule has 0 fully saturated rings. The largest absolute Gasteiger partial charge is 0.396 e. The number of aliphatic hydroxyl groups excluding tert-OH is 1. The quantitative estimate of drug-likeness (QED) is 0.544. The molecule has 4 aromatic rings. The van der Waals surface area contributed by atoms with E-state index in [1.807, 2.05) is 28.2 Å². The average molecular weight is 365 g/mol. The van der Waals surface area contributed by atoms with Crippen LogP contribution in [-0.2, 0) is 0 Å². The maximum atomic E-state index is 9.58. The predicted octanol–water partition coefficient (Wildman–Crippen LogP) is 3.75. The van der Waals surface area contributed by atoms with Crippen molar-refractivity contribution in [3.63, 3.8) is 0 Å². The van der Waals surface area contributed by atoms with Gasteiger partial charge in [0.25, 0.3) is 0 Å². The molecular formula is C19H19N5OS. The van der Waals surface area contributed by atoms with Crippen LogP contribution in [0.25, 0.3) is 5.52 Å². The lowest BCUT2D eigenvalue weighted by Gasteiger charge is -2.17. The van der Waals surface area contributed by atoms with Crippen LogP contribution in [0.5, 0.6) is 0 Å². The fourth-order valence-electron chi connectivity index (χ4n) is 2.95. The second kappa shape index (κ2) is 7.23. The van der Waals surface area contributed by atoms with Crippen LogP contribution in [0.2, 0.25) is 0 Å². The Labute approximate surface area is 155 Å². The molecule has 132 valence electrons. The van der Waals surface area contributed by atoms with Crippen molar-refractivity contribution in [1.82, 2.24) is 19.6 Å². The highest BCUT2D eigenvalue weighted by molar-refractivity contribution is 7.13. The summed E-state index contributed by atoms with van der Waals surface area (Å²) >= 11 is 1.52. The molecule has 1 atom stereocenters. The Kier molecular flexibility index (Phi) is 4.64. The van der Waals surface area contributed by atoms with Gasteiger partial charge in [0.1, 0.15) is 5.52 Å². The molecule has 7 heteroatoms. The van der Waals surface area contributed by atoms with Gasteiger partial charge < -0.3 is 10.4 Å². The van der Waals surface area contributed by atoms with E-state index < -0.39 is 0 Å². The second-order valence-electron chi connectivity index (χ2n) is 6.09. The first kappa shape index (κ1) is 16.7. The Balaban J connectivity index is 1.79. The lowest BCUT2D eigenvalue weighted by molar-refractivity contribution is 0.279. The summed E-state index contributed by atoms with van der Waals surface area (Å²) in [6, 6.07) is 12.2. The third-order valence-electron chi connectivity index (χ3n) is 4.27. The molecule has 2 N–H and O–H groups in total. The van der Waals surface area contributed by atoms with E-state index in [1.54, 1.807) is 6.20 Å². The van der Waals surface area contributed by atoms with E-state index in [2.05, 4.69) is 46.6 Å². The highest BCUT2D eigenvalue weighted by atomic mass is 32.1. The average Bonchev–Trinajstić information content (AvgIpc) is 3.32. The molecular weight excluding hydrogens is 346 g/mol. The van der Waals surface area contributed by atoms with Crippen LogP contribution < -0.4 is 5.32 Å². The van der Waals surface area contributed by atoms with Crippen LogP contribution >= 0.6 is 11.3 Å². The fraction of sp³-hybridized carbons (Fsp3) is 0.211. The smallest absolute Gasteiger partial charge is 0.188 e. The molecule has 26 heavy (non-hydrogen) atoms. The molecule has 3 heterocycles. The summed E-state index contributed by atoms with van der Waals surface area (Å²) in [7, 11) is 0. The summed E-state index contributed by atoms with van der Waals surface area (Å²) in [4.78, 5) is 9.06. The predicted molar refractivity (Wildman–Crippen MR) is 103 cm³/mol. The van der Waals surface area contributed by atoms with Gasteiger partial charge in [-0.2, -0.15) is 5.10 Å². The minimum absolute atomic E-state index is 0.0703. The zero-order valence-electron chi connectivity index (χ0n) is 14.3. The number of anilines is 2. The lowest BCUT2D eigenvalue weighted by atomic mass is 9.94. The van der Waals surface area contributed by atoms with Crippen molar-refractivity contribution in [3.05, 3.63) is 71.1 Å². The number of aromatic nitrogens is 4. The molecule has 0 aliphatic carbocycles. The van der Waals surface area contributed by atoms with Crippen molar-refractivity contribution in [1.29, 1.82) is 0 Å². The van der Waals surface area contributed by atoms with Crippen LogP contribution in [0, 0.1) is 6.92 Å². The van der Waals surface area contributed by atoms with E-state index in [1.165, 1.54) is 16.9 Å². The molecule has 0 saturated carbocycles. The number of aliphatic hydroxyl groups is 1. The molecule has 0 spiro atoms. The van der Waals surface area contributed by atoms with Crippen LogP contribution in [0.4, 0.5) is 10.9 Å². The van der Waals surface area contributed by atoms with Crippen LogP contribution in [0.1, 0.15) is 29.3 Å². The summed E-state index contributed by atoms with van der Waals surface area (Å²) in [5.41, 5.74) is 3.18. The third kappa shape index (κ3) is 3.31. The number of hydrogen-bond acceptors (Lipinski definition) is 6. The number of rotatable bonds is 6. The van der Waals surface area contributed by atoms with E-state index >= 15 is 0 Å². The number of aryl methyl sites for hydroxylation is 1. The number of nitrogens with one attached hydrogen (secondary N) is 1. The van der Waals surface area contributed by atoms with Gasteiger partial charge >= 0.3 is 0 Å². The maximum absolute atomic E-state index is 9.58. The van der Waals surface area contributed by atoms with Crippen molar-refractivity contribution in [3.8, 4) is 0 Å². The molecule has 6 nitrogen and oxygen atoms in total. The van der Waals surface area contributed by atoms with Gasteiger partial charge in [-0.1, -0.05) is 29.8 Å². The van der Waals surface area contributed by atoms with E-state index in [0.717, 1.165) is 16.2 Å². The number of thiazole rings is 1. The van der Waals surface area contributed by atoms with Gasteiger partial charge in [-0.3, -0.25) is 0 Å². The summed E-state index contributed by atoms with van der Waals surface area (Å²) in [6.45, 7) is 2.13. The van der Waals surface area contributed by atoms with Gasteiger partial charge in [0.15, 0.2) is 16.8 Å². The molecule has 0 amide bonds.